The van der Waals surface area contributed by atoms with Crippen LogP contribution in [0.4, 0.5) is 0 Å². The molecule has 0 aliphatic rings. The van der Waals surface area contributed by atoms with E-state index in [9.17, 15) is 4.79 Å². The summed E-state index contributed by atoms with van der Waals surface area (Å²) in [6.07, 6.45) is 1.85. The van der Waals surface area contributed by atoms with E-state index in [1.807, 2.05) is 72.8 Å². The summed E-state index contributed by atoms with van der Waals surface area (Å²) < 4.78 is 7.86. The summed E-state index contributed by atoms with van der Waals surface area (Å²) >= 11 is 1.33. The van der Waals surface area contributed by atoms with Crippen LogP contribution in [0, 0.1) is 0 Å². The maximum absolute atomic E-state index is 12.9. The molecule has 0 unspecified atom stereocenters. The molecule has 6 heteroatoms. The van der Waals surface area contributed by atoms with Gasteiger partial charge in [-0.25, -0.2) is 0 Å². The summed E-state index contributed by atoms with van der Waals surface area (Å²) in [5.41, 5.74) is 2.93. The van der Waals surface area contributed by atoms with Crippen molar-refractivity contribution in [2.24, 2.45) is 0 Å². The quantitative estimate of drug-likeness (QED) is 0.363. The zero-order valence-corrected chi connectivity index (χ0v) is 19.5. The van der Waals surface area contributed by atoms with Crippen LogP contribution in [0.2, 0.25) is 0 Å². The van der Waals surface area contributed by atoms with E-state index in [2.05, 4.69) is 43.0 Å². The molecule has 164 valence electrons. The van der Waals surface area contributed by atoms with Crippen LogP contribution in [0.3, 0.4) is 0 Å². The Bertz CT molecular complexity index is 1530. The van der Waals surface area contributed by atoms with Gasteiger partial charge in [-0.3, -0.25) is 4.79 Å². The molecule has 5 aromatic rings. The zero-order chi connectivity index (χ0) is 23.0. The molecule has 5 nitrogen and oxygen atoms in total. The Labute approximate surface area is 195 Å². The molecule has 0 saturated heterocycles. The van der Waals surface area contributed by atoms with Crippen LogP contribution in [0.5, 0.6) is 11.5 Å². The molecule has 0 saturated carbocycles. The van der Waals surface area contributed by atoms with Gasteiger partial charge in [0.25, 0.3) is 5.56 Å². The molecule has 0 atom stereocenters. The second kappa shape index (κ2) is 8.30. The van der Waals surface area contributed by atoms with Crippen LogP contribution in [-0.4, -0.2) is 14.6 Å². The third-order valence-corrected chi connectivity index (χ3v) is 6.28. The van der Waals surface area contributed by atoms with Crippen molar-refractivity contribution in [2.45, 2.75) is 26.2 Å². The van der Waals surface area contributed by atoms with Gasteiger partial charge >= 0.3 is 0 Å². The first kappa shape index (κ1) is 21.1. The molecule has 0 fully saturated rings. The molecular weight excluding hydrogens is 430 g/mol. The molecule has 2 aromatic heterocycles. The number of rotatable bonds is 4. The van der Waals surface area contributed by atoms with Crippen LogP contribution >= 0.6 is 11.3 Å². The van der Waals surface area contributed by atoms with Crippen molar-refractivity contribution < 1.29 is 4.74 Å². The SMILES string of the molecule is CC(C)(C)c1ccc(-c2nc3s/c(=C\c4cccc(Oc5ccccc5)c4)c(=O)n3n2)cc1. The maximum atomic E-state index is 12.9. The Hall–Kier alpha value is -3.77. The van der Waals surface area contributed by atoms with E-state index in [4.69, 9.17) is 4.74 Å². The van der Waals surface area contributed by atoms with Crippen LogP contribution < -0.4 is 14.8 Å². The molecule has 0 spiro atoms. The average Bonchev–Trinajstić information content (AvgIpc) is 3.34. The van der Waals surface area contributed by atoms with E-state index >= 15 is 0 Å². The lowest BCUT2D eigenvalue weighted by atomic mass is 9.87. The predicted octanol–water partition coefficient (Wildman–Crippen LogP) is 5.46. The van der Waals surface area contributed by atoms with E-state index in [0.29, 0.717) is 21.1 Å². The van der Waals surface area contributed by atoms with Gasteiger partial charge in [-0.05, 0) is 46.9 Å². The lowest BCUT2D eigenvalue weighted by molar-refractivity contribution is 0.482. The monoisotopic (exact) mass is 453 g/mol. The first-order valence-corrected chi connectivity index (χ1v) is 11.5. The number of para-hydroxylation sites is 1. The standard InChI is InChI=1S/C27H23N3O2S/c1-27(2,3)20-14-12-19(13-15-20)24-28-26-30(29-24)25(31)23(33-26)17-18-8-7-11-22(16-18)32-21-9-5-4-6-10-21/h4-17H,1-3H3/b23-17-. The van der Waals surface area contributed by atoms with E-state index < -0.39 is 0 Å². The van der Waals surface area contributed by atoms with Crippen molar-refractivity contribution in [3.05, 3.63) is 105 Å². The van der Waals surface area contributed by atoms with E-state index in [1.165, 1.54) is 21.4 Å². The number of hydrogen-bond donors (Lipinski definition) is 0. The Kier molecular flexibility index (Phi) is 5.30. The third kappa shape index (κ3) is 4.43. The largest absolute Gasteiger partial charge is 0.457 e. The van der Waals surface area contributed by atoms with Gasteiger partial charge in [0, 0.05) is 5.56 Å². The molecule has 0 radical (unpaired) electrons. The van der Waals surface area contributed by atoms with Crippen molar-refractivity contribution in [1.82, 2.24) is 14.6 Å². The van der Waals surface area contributed by atoms with Gasteiger partial charge in [-0.2, -0.15) is 9.50 Å². The summed E-state index contributed by atoms with van der Waals surface area (Å²) in [4.78, 5) is 18.1. The Morgan fingerprint density at radius 2 is 1.64 bits per heavy atom. The maximum Gasteiger partial charge on any atom is 0.291 e. The van der Waals surface area contributed by atoms with Gasteiger partial charge in [0.1, 0.15) is 11.5 Å². The molecule has 5 rings (SSSR count). The van der Waals surface area contributed by atoms with E-state index in [1.54, 1.807) is 0 Å². The lowest BCUT2D eigenvalue weighted by Crippen LogP contribution is -2.23. The second-order valence-corrected chi connectivity index (χ2v) is 9.87. The average molecular weight is 454 g/mol. The number of thiazole rings is 1. The number of hydrogen-bond acceptors (Lipinski definition) is 5. The molecule has 33 heavy (non-hydrogen) atoms. The number of nitrogens with zero attached hydrogens (tertiary/aromatic N) is 3. The first-order valence-electron chi connectivity index (χ1n) is 10.7. The third-order valence-electron chi connectivity index (χ3n) is 5.33. The highest BCUT2D eigenvalue weighted by atomic mass is 32.1. The Balaban J connectivity index is 1.45. The highest BCUT2D eigenvalue weighted by Gasteiger charge is 2.15. The Morgan fingerprint density at radius 3 is 2.33 bits per heavy atom. The summed E-state index contributed by atoms with van der Waals surface area (Å²) in [7, 11) is 0. The van der Waals surface area contributed by atoms with E-state index in [-0.39, 0.29) is 11.0 Å². The number of aromatic nitrogens is 3. The normalized spacial score (nSPS) is 12.4. The molecule has 0 amide bonds. The number of fused-ring (bicyclic) bond motifs is 1. The summed E-state index contributed by atoms with van der Waals surface area (Å²) in [6, 6.07) is 25.5. The van der Waals surface area contributed by atoms with Crippen LogP contribution in [-0.2, 0) is 5.41 Å². The van der Waals surface area contributed by atoms with Crippen molar-refractivity contribution in [2.75, 3.05) is 0 Å². The number of benzene rings is 3. The summed E-state index contributed by atoms with van der Waals surface area (Å²) in [5, 5.41) is 4.47. The van der Waals surface area contributed by atoms with Crippen LogP contribution in [0.25, 0.3) is 22.4 Å². The topological polar surface area (TPSA) is 56.5 Å². The van der Waals surface area contributed by atoms with Gasteiger partial charge in [0.15, 0.2) is 5.82 Å². The van der Waals surface area contributed by atoms with Crippen molar-refractivity contribution in [1.29, 1.82) is 0 Å². The Morgan fingerprint density at radius 1 is 0.909 bits per heavy atom. The molecule has 3 aromatic carbocycles. The predicted molar refractivity (Wildman–Crippen MR) is 133 cm³/mol. The van der Waals surface area contributed by atoms with E-state index in [0.717, 1.165) is 16.9 Å². The molecule has 0 aliphatic heterocycles. The minimum absolute atomic E-state index is 0.0802. The fraction of sp³-hybridized carbons (Fsp3) is 0.148. The summed E-state index contributed by atoms with van der Waals surface area (Å²) in [6.45, 7) is 6.54. The molecule has 2 heterocycles. The van der Waals surface area contributed by atoms with Crippen molar-refractivity contribution in [3.63, 3.8) is 0 Å². The minimum Gasteiger partial charge on any atom is -0.457 e. The van der Waals surface area contributed by atoms with Crippen LogP contribution in [0.1, 0.15) is 31.9 Å². The molecule has 0 aliphatic carbocycles. The molecule has 0 bridgehead atoms. The zero-order valence-electron chi connectivity index (χ0n) is 18.6. The minimum atomic E-state index is -0.172. The highest BCUT2D eigenvalue weighted by Crippen LogP contribution is 2.25. The fourth-order valence-corrected chi connectivity index (χ4v) is 4.43. The fourth-order valence-electron chi connectivity index (χ4n) is 3.52. The van der Waals surface area contributed by atoms with Gasteiger partial charge in [0.2, 0.25) is 4.96 Å². The number of ether oxygens (including phenoxy) is 1. The highest BCUT2D eigenvalue weighted by molar-refractivity contribution is 7.15. The smallest absolute Gasteiger partial charge is 0.291 e. The van der Waals surface area contributed by atoms with Crippen LogP contribution in [0.15, 0.2) is 83.7 Å². The van der Waals surface area contributed by atoms with Gasteiger partial charge < -0.3 is 4.74 Å². The molecule has 0 N–H and O–H groups in total. The van der Waals surface area contributed by atoms with Gasteiger partial charge in [-0.15, -0.1) is 5.10 Å². The van der Waals surface area contributed by atoms with Crippen molar-refractivity contribution in [3.8, 4) is 22.9 Å². The first-order chi connectivity index (χ1) is 15.9. The van der Waals surface area contributed by atoms with Gasteiger partial charge in [-0.1, -0.05) is 86.7 Å². The second-order valence-electron chi connectivity index (χ2n) is 8.86. The lowest BCUT2D eigenvalue weighted by Gasteiger charge is -2.18. The summed E-state index contributed by atoms with van der Waals surface area (Å²) in [5.74, 6) is 2.03. The van der Waals surface area contributed by atoms with Crippen molar-refractivity contribution >= 4 is 22.4 Å². The molecular formula is C27H23N3O2S. The van der Waals surface area contributed by atoms with Gasteiger partial charge in [0.05, 0.1) is 4.53 Å².